The van der Waals surface area contributed by atoms with Crippen molar-refractivity contribution in [3.05, 3.63) is 105 Å². The molecule has 1 unspecified atom stereocenters. The molecule has 2 aromatic carbocycles. The van der Waals surface area contributed by atoms with Crippen LogP contribution in [0.3, 0.4) is 0 Å². The molecule has 3 aromatic rings. The molecule has 1 aliphatic heterocycles. The van der Waals surface area contributed by atoms with Crippen molar-refractivity contribution in [3.63, 3.8) is 0 Å². The summed E-state index contributed by atoms with van der Waals surface area (Å²) in [5.74, 6) is -0.0634. The number of amides is 1. The maximum Gasteiger partial charge on any atom is 0.274 e. The van der Waals surface area contributed by atoms with Crippen LogP contribution in [0.4, 0.5) is 0 Å². The minimum Gasteiger partial charge on any atom is -0.313 e. The summed E-state index contributed by atoms with van der Waals surface area (Å²) in [6.45, 7) is 6.88. The smallest absolute Gasteiger partial charge is 0.274 e. The van der Waals surface area contributed by atoms with Crippen LogP contribution in [0.2, 0.25) is 0 Å². The third kappa shape index (κ3) is 4.48. The lowest BCUT2D eigenvalue weighted by atomic mass is 9.92. The SMILES string of the molecule is Cc1c2n(ccc1=O)N(C1c3ccccc3CCc3ccccc31)C(CCCN(C)C)N(C(C)C)C2=O. The molecule has 6 nitrogen and oxygen atoms in total. The molecule has 5 rings (SSSR count). The molecule has 37 heavy (non-hydrogen) atoms. The number of carbonyl (C=O) groups excluding carboxylic acids is 1. The first-order valence-electron chi connectivity index (χ1n) is 13.4. The molecule has 2 aliphatic rings. The predicted molar refractivity (Wildman–Crippen MR) is 149 cm³/mol. The van der Waals surface area contributed by atoms with Crippen molar-refractivity contribution in [1.82, 2.24) is 14.5 Å². The van der Waals surface area contributed by atoms with Crippen molar-refractivity contribution < 1.29 is 4.79 Å². The summed E-state index contributed by atoms with van der Waals surface area (Å²) < 4.78 is 2.00. The van der Waals surface area contributed by atoms with Crippen molar-refractivity contribution >= 4 is 5.91 Å². The van der Waals surface area contributed by atoms with Gasteiger partial charge in [-0.1, -0.05) is 48.5 Å². The topological polar surface area (TPSA) is 48.8 Å². The van der Waals surface area contributed by atoms with Gasteiger partial charge in [0.2, 0.25) is 0 Å². The Bertz CT molecular complexity index is 1310. The van der Waals surface area contributed by atoms with Gasteiger partial charge in [0.25, 0.3) is 5.91 Å². The van der Waals surface area contributed by atoms with Crippen LogP contribution in [-0.4, -0.2) is 53.2 Å². The van der Waals surface area contributed by atoms with Crippen molar-refractivity contribution in [2.45, 2.75) is 64.7 Å². The Balaban J connectivity index is 1.79. The Kier molecular flexibility index (Phi) is 6.95. The molecule has 1 amide bonds. The highest BCUT2D eigenvalue weighted by Gasteiger charge is 2.44. The largest absolute Gasteiger partial charge is 0.313 e. The highest BCUT2D eigenvalue weighted by molar-refractivity contribution is 5.95. The second-order valence-corrected chi connectivity index (χ2v) is 10.9. The molecule has 0 spiro atoms. The molecule has 0 radical (unpaired) electrons. The summed E-state index contributed by atoms with van der Waals surface area (Å²) in [6, 6.07) is 18.9. The Morgan fingerprint density at radius 2 is 1.51 bits per heavy atom. The van der Waals surface area contributed by atoms with E-state index in [1.54, 1.807) is 13.0 Å². The first-order chi connectivity index (χ1) is 17.8. The number of fused-ring (bicyclic) bond motifs is 3. The first-order valence-corrected chi connectivity index (χ1v) is 13.4. The van der Waals surface area contributed by atoms with Crippen molar-refractivity contribution in [1.29, 1.82) is 0 Å². The Hall–Kier alpha value is -3.38. The Morgan fingerprint density at radius 3 is 2.08 bits per heavy atom. The number of rotatable bonds is 6. The van der Waals surface area contributed by atoms with E-state index in [0.29, 0.717) is 11.3 Å². The molecule has 0 saturated carbocycles. The maximum absolute atomic E-state index is 14.1. The number of aryl methyl sites for hydroxylation is 2. The number of aromatic nitrogens is 1. The molecule has 1 atom stereocenters. The highest BCUT2D eigenvalue weighted by atomic mass is 16.2. The van der Waals surface area contributed by atoms with Gasteiger partial charge >= 0.3 is 0 Å². The monoisotopic (exact) mass is 498 g/mol. The van der Waals surface area contributed by atoms with Gasteiger partial charge < -0.3 is 9.80 Å². The molecule has 2 heterocycles. The highest BCUT2D eigenvalue weighted by Crippen LogP contribution is 2.40. The third-order valence-corrected chi connectivity index (χ3v) is 7.88. The van der Waals surface area contributed by atoms with Crippen LogP contribution in [0.5, 0.6) is 0 Å². The first kappa shape index (κ1) is 25.3. The van der Waals surface area contributed by atoms with Crippen LogP contribution in [0.25, 0.3) is 0 Å². The minimum atomic E-state index is -0.161. The number of benzene rings is 2. The van der Waals surface area contributed by atoms with Gasteiger partial charge in [-0.3, -0.25) is 19.3 Å². The number of pyridine rings is 1. The average Bonchev–Trinajstić information content (AvgIpc) is 3.03. The van der Waals surface area contributed by atoms with E-state index in [1.807, 2.05) is 15.8 Å². The standard InChI is InChI=1S/C31H38N4O2/c1-21(2)34-28(15-10-19-32(4)5)35(33-20-18-27(36)22(3)29(33)31(34)37)30-25-13-8-6-11-23(25)16-17-24-12-7-9-14-26(24)30/h6-9,11-14,18,20-21,28,30H,10,15-17,19H2,1-5H3. The molecular formula is C31H38N4O2. The lowest BCUT2D eigenvalue weighted by molar-refractivity contribution is 0.0445. The van der Waals surface area contributed by atoms with E-state index in [-0.39, 0.29) is 29.6 Å². The van der Waals surface area contributed by atoms with Crippen LogP contribution < -0.4 is 10.4 Å². The Labute approximate surface area is 220 Å². The van der Waals surface area contributed by atoms with Gasteiger partial charge in [-0.25, -0.2) is 0 Å². The molecule has 1 aromatic heterocycles. The quantitative estimate of drug-likeness (QED) is 0.502. The molecule has 1 aliphatic carbocycles. The predicted octanol–water partition coefficient (Wildman–Crippen LogP) is 4.52. The fourth-order valence-corrected chi connectivity index (χ4v) is 6.12. The third-order valence-electron chi connectivity index (χ3n) is 7.88. The van der Waals surface area contributed by atoms with Crippen LogP contribution in [0, 0.1) is 6.92 Å². The van der Waals surface area contributed by atoms with Crippen molar-refractivity contribution in [3.8, 4) is 0 Å². The average molecular weight is 499 g/mol. The van der Waals surface area contributed by atoms with Gasteiger partial charge in [0.1, 0.15) is 11.9 Å². The van der Waals surface area contributed by atoms with E-state index < -0.39 is 0 Å². The second-order valence-electron chi connectivity index (χ2n) is 10.9. The molecule has 194 valence electrons. The maximum atomic E-state index is 14.1. The zero-order valence-electron chi connectivity index (χ0n) is 22.6. The summed E-state index contributed by atoms with van der Waals surface area (Å²) in [5, 5.41) is 2.39. The van der Waals surface area contributed by atoms with E-state index in [0.717, 1.165) is 32.2 Å². The van der Waals surface area contributed by atoms with E-state index in [4.69, 9.17) is 0 Å². The van der Waals surface area contributed by atoms with Gasteiger partial charge in [0.05, 0.1) is 6.04 Å². The molecule has 6 heteroatoms. The molecular weight excluding hydrogens is 460 g/mol. The fourth-order valence-electron chi connectivity index (χ4n) is 6.12. The Morgan fingerprint density at radius 1 is 0.919 bits per heavy atom. The van der Waals surface area contributed by atoms with E-state index in [1.165, 1.54) is 22.3 Å². The number of hydrogen-bond acceptors (Lipinski definition) is 4. The van der Waals surface area contributed by atoms with E-state index in [9.17, 15) is 9.59 Å². The summed E-state index contributed by atoms with van der Waals surface area (Å²) >= 11 is 0. The van der Waals surface area contributed by atoms with Crippen LogP contribution >= 0.6 is 0 Å². The summed E-state index contributed by atoms with van der Waals surface area (Å²) in [7, 11) is 4.18. The zero-order valence-corrected chi connectivity index (χ0v) is 22.6. The van der Waals surface area contributed by atoms with Crippen LogP contribution in [-0.2, 0) is 12.8 Å². The molecule has 0 fully saturated rings. The van der Waals surface area contributed by atoms with Gasteiger partial charge in [0.15, 0.2) is 5.43 Å². The van der Waals surface area contributed by atoms with Crippen molar-refractivity contribution in [2.24, 2.45) is 0 Å². The number of nitrogens with zero attached hydrogens (tertiary/aromatic N) is 4. The van der Waals surface area contributed by atoms with Gasteiger partial charge in [-0.05, 0) is 89.3 Å². The second kappa shape index (κ2) is 10.2. The van der Waals surface area contributed by atoms with E-state index in [2.05, 4.69) is 86.4 Å². The fraction of sp³-hybridized carbons (Fsp3) is 0.419. The summed E-state index contributed by atoms with van der Waals surface area (Å²) in [4.78, 5) is 31.0. The van der Waals surface area contributed by atoms with Gasteiger partial charge in [-0.15, -0.1) is 0 Å². The molecule has 0 saturated heterocycles. The summed E-state index contributed by atoms with van der Waals surface area (Å²) in [5.41, 5.74) is 6.09. The lowest BCUT2D eigenvalue weighted by Gasteiger charge is -2.52. The van der Waals surface area contributed by atoms with E-state index >= 15 is 0 Å². The van der Waals surface area contributed by atoms with Crippen LogP contribution in [0.1, 0.15) is 71.0 Å². The lowest BCUT2D eigenvalue weighted by Crippen LogP contribution is -2.64. The summed E-state index contributed by atoms with van der Waals surface area (Å²) in [6.07, 6.45) is 5.39. The zero-order chi connectivity index (χ0) is 26.3. The normalized spacial score (nSPS) is 17.6. The number of hydrogen-bond donors (Lipinski definition) is 0. The molecule has 0 bridgehead atoms. The van der Waals surface area contributed by atoms with Crippen molar-refractivity contribution in [2.75, 3.05) is 25.6 Å². The van der Waals surface area contributed by atoms with Gasteiger partial charge in [0, 0.05) is 23.9 Å². The van der Waals surface area contributed by atoms with Gasteiger partial charge in [-0.2, -0.15) is 0 Å². The molecule has 0 N–H and O–H groups in total. The number of carbonyl (C=O) groups is 1. The minimum absolute atomic E-state index is 0.0147. The van der Waals surface area contributed by atoms with Crippen LogP contribution in [0.15, 0.2) is 65.6 Å².